The van der Waals surface area contributed by atoms with Gasteiger partial charge in [-0.1, -0.05) is 0 Å². The van der Waals surface area contributed by atoms with Crippen LogP contribution in [0.5, 0.6) is 0 Å². The zero-order chi connectivity index (χ0) is 0. The molecule has 0 bridgehead atoms. The molecule has 0 N–H and O–H groups in total. The van der Waals surface area contributed by atoms with Crippen LogP contribution in [0.2, 0.25) is 0 Å². The summed E-state index contributed by atoms with van der Waals surface area (Å²) in [5.41, 5.74) is 0. The van der Waals surface area contributed by atoms with Crippen molar-refractivity contribution in [3.63, 3.8) is 0 Å². The van der Waals surface area contributed by atoms with Crippen molar-refractivity contribution in [3.05, 3.63) is 0 Å². The molecule has 0 heterocycles. The Hall–Kier alpha value is 2.84. The van der Waals surface area contributed by atoms with Gasteiger partial charge in [0, 0.05) is 87.0 Å². The fraction of sp³-hybridized carbons (Fsp3) is 0. The predicted molar refractivity (Wildman–Crippen MR) is 5.75 cm³/mol. The van der Waals surface area contributed by atoms with Crippen molar-refractivity contribution < 1.29 is 69.6 Å². The zero-order valence-electron chi connectivity index (χ0n) is 1.93. The van der Waals surface area contributed by atoms with Crippen LogP contribution in [0.3, 0.4) is 0 Å². The second-order valence-electron chi connectivity index (χ2n) is 0. The third-order valence-corrected chi connectivity index (χ3v) is 0. The van der Waals surface area contributed by atoms with Crippen molar-refractivity contribution in [3.8, 4) is 0 Å². The molecule has 0 nitrogen and oxygen atoms in total. The third kappa shape index (κ3) is 8.85. The molecule has 4 radical (unpaired) electrons. The second kappa shape index (κ2) is 17.0. The van der Waals surface area contributed by atoms with Crippen LogP contribution in [0.25, 0.3) is 0 Å². The molecule has 18 valence electrons. The van der Waals surface area contributed by atoms with Gasteiger partial charge in [-0.3, -0.25) is 0 Å². The standard InChI is InChI=1S/Al.Mo.Nb.Zr. The molecule has 0 saturated carbocycles. The summed E-state index contributed by atoms with van der Waals surface area (Å²) < 4.78 is 0. The molecule has 0 aromatic rings. The SMILES string of the molecule is [Al].[Mo].[Nb].[Zr]. The largest absolute Gasteiger partial charge is 0 e. The molecule has 0 aromatic carbocycles. The Morgan fingerprint density at radius 1 is 1.00 bits per heavy atom. The first kappa shape index (κ1) is 28.9. The predicted octanol–water partition coefficient (Wildman–Crippen LogP) is -0.388. The zero-order valence-corrected chi connectivity index (χ0v) is 9.75. The maximum atomic E-state index is 0. The van der Waals surface area contributed by atoms with Gasteiger partial charge in [-0.15, -0.1) is 0 Å². The van der Waals surface area contributed by atoms with Gasteiger partial charge in [0.15, 0.2) is 0 Å². The Morgan fingerprint density at radius 3 is 1.00 bits per heavy atom. The molecular weight excluding hydrogens is 307 g/mol. The van der Waals surface area contributed by atoms with Gasteiger partial charge in [-0.2, -0.15) is 0 Å². The molecule has 0 unspecified atom stereocenters. The molecule has 0 aliphatic heterocycles. The smallest absolute Gasteiger partial charge is 0 e. The summed E-state index contributed by atoms with van der Waals surface area (Å²) >= 11 is 0. The summed E-state index contributed by atoms with van der Waals surface area (Å²) in [6, 6.07) is 0. The molecule has 0 saturated heterocycles. The van der Waals surface area contributed by atoms with Gasteiger partial charge in [0.2, 0.25) is 0 Å². The number of rotatable bonds is 0. The maximum absolute atomic E-state index is 0. The Labute approximate surface area is 85.5 Å². The van der Waals surface area contributed by atoms with Crippen LogP contribution in [-0.4, -0.2) is 17.4 Å². The molecule has 0 amide bonds. The van der Waals surface area contributed by atoms with Crippen molar-refractivity contribution in [1.29, 1.82) is 0 Å². The van der Waals surface area contributed by atoms with Crippen molar-refractivity contribution in [2.24, 2.45) is 0 Å². The molecule has 4 heteroatoms. The summed E-state index contributed by atoms with van der Waals surface area (Å²) in [6.07, 6.45) is 0. The van der Waals surface area contributed by atoms with E-state index in [1.807, 2.05) is 0 Å². The van der Waals surface area contributed by atoms with E-state index < -0.39 is 0 Å². The van der Waals surface area contributed by atoms with Gasteiger partial charge in [0.05, 0.1) is 0 Å². The van der Waals surface area contributed by atoms with Gasteiger partial charge in [-0.25, -0.2) is 0 Å². The summed E-state index contributed by atoms with van der Waals surface area (Å²) in [5, 5.41) is 0. The minimum Gasteiger partial charge on any atom is 0 e. The Bertz CT molecular complexity index is 8.00. The van der Waals surface area contributed by atoms with E-state index in [-0.39, 0.29) is 87.0 Å². The van der Waals surface area contributed by atoms with E-state index in [1.165, 1.54) is 0 Å². The molecule has 0 atom stereocenters. The Balaban J connectivity index is 0. The first-order valence-electron chi connectivity index (χ1n) is 0. The average molecular weight is 307 g/mol. The van der Waals surface area contributed by atoms with Gasteiger partial charge < -0.3 is 0 Å². The topological polar surface area (TPSA) is 0 Å². The number of hydrogen-bond donors (Lipinski definition) is 0. The van der Waals surface area contributed by atoms with Crippen molar-refractivity contribution in [2.45, 2.75) is 0 Å². The van der Waals surface area contributed by atoms with Gasteiger partial charge in [0.25, 0.3) is 0 Å². The van der Waals surface area contributed by atoms with E-state index in [0.29, 0.717) is 0 Å². The van der Waals surface area contributed by atoms with Crippen molar-refractivity contribution >= 4 is 17.4 Å². The van der Waals surface area contributed by atoms with Crippen LogP contribution in [0, 0.1) is 0 Å². The molecule has 0 aliphatic carbocycles. The monoisotopic (exact) mass is 308 g/mol. The summed E-state index contributed by atoms with van der Waals surface area (Å²) in [6.45, 7) is 0. The maximum Gasteiger partial charge on any atom is 0 e. The molecule has 0 spiro atoms. The summed E-state index contributed by atoms with van der Waals surface area (Å²) in [4.78, 5) is 0. The summed E-state index contributed by atoms with van der Waals surface area (Å²) in [5.74, 6) is 0. The first-order chi connectivity index (χ1) is 0. The van der Waals surface area contributed by atoms with Gasteiger partial charge in [-0.05, 0) is 0 Å². The van der Waals surface area contributed by atoms with E-state index in [9.17, 15) is 0 Å². The van der Waals surface area contributed by atoms with E-state index in [4.69, 9.17) is 0 Å². The van der Waals surface area contributed by atoms with Crippen LogP contribution in [0.4, 0.5) is 0 Å². The van der Waals surface area contributed by atoms with Crippen LogP contribution < -0.4 is 0 Å². The van der Waals surface area contributed by atoms with E-state index >= 15 is 0 Å². The third-order valence-electron chi connectivity index (χ3n) is 0. The van der Waals surface area contributed by atoms with Crippen molar-refractivity contribution in [1.82, 2.24) is 0 Å². The normalized spacial score (nSPS) is 0. The fourth-order valence-electron chi connectivity index (χ4n) is 0. The van der Waals surface area contributed by atoms with Gasteiger partial charge in [0.1, 0.15) is 0 Å². The molecule has 0 aromatic heterocycles. The van der Waals surface area contributed by atoms with Crippen LogP contribution in [0.1, 0.15) is 0 Å². The molecule has 0 aliphatic rings. The van der Waals surface area contributed by atoms with Crippen LogP contribution >= 0.6 is 0 Å². The fourth-order valence-corrected chi connectivity index (χ4v) is 0. The van der Waals surface area contributed by atoms with E-state index in [2.05, 4.69) is 0 Å². The Morgan fingerprint density at radius 2 is 1.00 bits per heavy atom. The quantitative estimate of drug-likeness (QED) is 0.535. The van der Waals surface area contributed by atoms with E-state index in [0.717, 1.165) is 0 Å². The average Bonchev–Trinajstić information content (AvgIpc) is 0. The second-order valence-corrected chi connectivity index (χ2v) is 0. The molecule has 0 rings (SSSR count). The Kier molecular flexibility index (Phi) is 122. The summed E-state index contributed by atoms with van der Waals surface area (Å²) in [7, 11) is 0. The minimum atomic E-state index is 0. The minimum absolute atomic E-state index is 0. The van der Waals surface area contributed by atoms with E-state index in [1.54, 1.807) is 0 Å². The molecular formula is AlMoNbZr. The molecule has 4 heavy (non-hydrogen) atoms. The first-order valence-corrected chi connectivity index (χ1v) is 0. The number of hydrogen-bond acceptors (Lipinski definition) is 0. The van der Waals surface area contributed by atoms with Gasteiger partial charge >= 0.3 is 0 Å². The molecule has 0 fully saturated rings. The van der Waals surface area contributed by atoms with Crippen molar-refractivity contribution in [2.75, 3.05) is 0 Å². The van der Waals surface area contributed by atoms with Crippen LogP contribution in [0.15, 0.2) is 0 Å². The van der Waals surface area contributed by atoms with Crippen LogP contribution in [-0.2, 0) is 69.6 Å².